The third-order valence-electron chi connectivity index (χ3n) is 5.31. The van der Waals surface area contributed by atoms with E-state index in [1.165, 1.54) is 0 Å². The van der Waals surface area contributed by atoms with Gasteiger partial charge in [-0.05, 0) is 59.2 Å². The third kappa shape index (κ3) is 3.86. The summed E-state index contributed by atoms with van der Waals surface area (Å²) < 4.78 is 6.37. The Labute approximate surface area is 190 Å². The number of hydrogen-bond acceptors (Lipinski definition) is 4. The van der Waals surface area contributed by atoms with E-state index < -0.39 is 0 Å². The number of fused-ring (bicyclic) bond motifs is 1. The topological polar surface area (TPSA) is 51.2 Å². The molecule has 5 aromatic rings. The molecule has 0 bridgehead atoms. The molecule has 2 aromatic heterocycles. The number of amides is 1. The molecule has 0 aliphatic rings. The van der Waals surface area contributed by atoms with Gasteiger partial charge in [0.05, 0.1) is 12.7 Å². The molecule has 0 saturated carbocycles. The van der Waals surface area contributed by atoms with Gasteiger partial charge < -0.3 is 10.1 Å². The number of benzene rings is 3. The molecule has 5 rings (SSSR count). The van der Waals surface area contributed by atoms with Crippen LogP contribution >= 0.6 is 11.3 Å². The monoisotopic (exact) mass is 436 g/mol. The first-order valence-corrected chi connectivity index (χ1v) is 11.0. The van der Waals surface area contributed by atoms with Gasteiger partial charge in [0, 0.05) is 33.0 Å². The highest BCUT2D eigenvalue weighted by atomic mass is 32.1. The summed E-state index contributed by atoms with van der Waals surface area (Å²) in [5, 5.41) is 3.96. The second-order valence-electron chi connectivity index (χ2n) is 7.30. The highest BCUT2D eigenvalue weighted by Gasteiger charge is 2.21. The van der Waals surface area contributed by atoms with Crippen LogP contribution in [-0.2, 0) is 0 Å². The van der Waals surface area contributed by atoms with E-state index in [9.17, 15) is 4.79 Å². The smallest absolute Gasteiger partial charge is 0.257 e. The van der Waals surface area contributed by atoms with Gasteiger partial charge in [-0.2, -0.15) is 0 Å². The Balaban J connectivity index is 1.65. The Morgan fingerprint density at radius 3 is 2.28 bits per heavy atom. The Hall–Kier alpha value is -3.96. The van der Waals surface area contributed by atoms with Crippen molar-refractivity contribution in [2.24, 2.45) is 0 Å². The van der Waals surface area contributed by atoms with E-state index in [-0.39, 0.29) is 5.91 Å². The maximum absolute atomic E-state index is 13.4. The molecule has 2 heterocycles. The molecular formula is C27H20N2O2S. The number of methoxy groups -OCH3 is 1. The molecule has 0 unspecified atom stereocenters. The van der Waals surface area contributed by atoms with Gasteiger partial charge in [-0.1, -0.05) is 42.5 Å². The standard InChI is InChI=1S/C27H20N2O2S/c1-31-22-10-7-19(8-11-22)26-25(27(30)29-21-13-15-28-16-14-21)23-12-9-20(17-24(23)32-26)18-5-3-2-4-6-18/h2-17H,1H3,(H,28,29,30). The van der Waals surface area contributed by atoms with Gasteiger partial charge >= 0.3 is 0 Å². The number of anilines is 1. The molecule has 0 spiro atoms. The molecule has 1 amide bonds. The van der Waals surface area contributed by atoms with Crippen molar-refractivity contribution in [2.45, 2.75) is 0 Å². The predicted molar refractivity (Wildman–Crippen MR) is 131 cm³/mol. The molecule has 5 heteroatoms. The SMILES string of the molecule is COc1ccc(-c2sc3cc(-c4ccccc4)ccc3c2C(=O)Nc2ccncc2)cc1. The van der Waals surface area contributed by atoms with Crippen molar-refractivity contribution in [3.8, 4) is 27.3 Å². The molecule has 1 N–H and O–H groups in total. The fourth-order valence-electron chi connectivity index (χ4n) is 3.71. The molecule has 0 atom stereocenters. The van der Waals surface area contributed by atoms with E-state index in [1.54, 1.807) is 43.0 Å². The van der Waals surface area contributed by atoms with E-state index >= 15 is 0 Å². The second kappa shape index (κ2) is 8.65. The predicted octanol–water partition coefficient (Wildman–Crippen LogP) is 6.89. The molecule has 156 valence electrons. The quantitative estimate of drug-likeness (QED) is 0.326. The molecule has 0 fully saturated rings. The zero-order valence-corrected chi connectivity index (χ0v) is 18.2. The van der Waals surface area contributed by atoms with Gasteiger partial charge in [-0.3, -0.25) is 9.78 Å². The van der Waals surface area contributed by atoms with E-state index in [1.807, 2.05) is 48.5 Å². The first-order chi connectivity index (χ1) is 15.7. The number of nitrogens with one attached hydrogen (secondary N) is 1. The van der Waals surface area contributed by atoms with Gasteiger partial charge in [-0.15, -0.1) is 11.3 Å². The number of nitrogens with zero attached hydrogens (tertiary/aromatic N) is 1. The molecular weight excluding hydrogens is 416 g/mol. The minimum atomic E-state index is -0.138. The fourth-order valence-corrected chi connectivity index (χ4v) is 4.95. The highest BCUT2D eigenvalue weighted by Crippen LogP contribution is 2.41. The number of aromatic nitrogens is 1. The maximum atomic E-state index is 13.4. The molecule has 0 aliphatic heterocycles. The van der Waals surface area contributed by atoms with Crippen molar-refractivity contribution < 1.29 is 9.53 Å². The Morgan fingerprint density at radius 1 is 0.844 bits per heavy atom. The van der Waals surface area contributed by atoms with Crippen LogP contribution in [0.1, 0.15) is 10.4 Å². The van der Waals surface area contributed by atoms with Crippen LogP contribution in [0.25, 0.3) is 31.7 Å². The molecule has 32 heavy (non-hydrogen) atoms. The van der Waals surface area contributed by atoms with Crippen LogP contribution in [0.3, 0.4) is 0 Å². The van der Waals surface area contributed by atoms with Crippen molar-refractivity contribution in [3.63, 3.8) is 0 Å². The number of rotatable bonds is 5. The van der Waals surface area contributed by atoms with Crippen LogP contribution in [0.15, 0.2) is 97.3 Å². The summed E-state index contributed by atoms with van der Waals surface area (Å²) in [7, 11) is 1.65. The maximum Gasteiger partial charge on any atom is 0.257 e. The lowest BCUT2D eigenvalue weighted by Crippen LogP contribution is -2.12. The lowest BCUT2D eigenvalue weighted by atomic mass is 10.0. The first kappa shape index (κ1) is 20.0. The van der Waals surface area contributed by atoms with Crippen molar-refractivity contribution >= 4 is 33.0 Å². The number of ether oxygens (including phenoxy) is 1. The van der Waals surface area contributed by atoms with E-state index in [0.29, 0.717) is 11.3 Å². The van der Waals surface area contributed by atoms with Crippen LogP contribution in [-0.4, -0.2) is 18.0 Å². The Kier molecular flexibility index (Phi) is 5.40. The molecule has 3 aromatic carbocycles. The zero-order valence-electron chi connectivity index (χ0n) is 17.4. The van der Waals surface area contributed by atoms with E-state index in [2.05, 4.69) is 34.6 Å². The summed E-state index contributed by atoms with van der Waals surface area (Å²) >= 11 is 1.62. The number of hydrogen-bond donors (Lipinski definition) is 1. The minimum absolute atomic E-state index is 0.138. The van der Waals surface area contributed by atoms with E-state index in [4.69, 9.17) is 4.74 Å². The van der Waals surface area contributed by atoms with Crippen LogP contribution in [0.2, 0.25) is 0 Å². The van der Waals surface area contributed by atoms with Crippen LogP contribution in [0.5, 0.6) is 5.75 Å². The van der Waals surface area contributed by atoms with Crippen LogP contribution in [0, 0.1) is 0 Å². The summed E-state index contributed by atoms with van der Waals surface area (Å²) in [6.07, 6.45) is 3.33. The van der Waals surface area contributed by atoms with Gasteiger partial charge in [0.2, 0.25) is 0 Å². The number of carbonyl (C=O) groups is 1. The second-order valence-corrected chi connectivity index (χ2v) is 8.35. The van der Waals surface area contributed by atoms with E-state index in [0.717, 1.165) is 37.4 Å². The number of carbonyl (C=O) groups excluding carboxylic acids is 1. The van der Waals surface area contributed by atoms with Crippen LogP contribution in [0.4, 0.5) is 5.69 Å². The molecule has 0 radical (unpaired) electrons. The zero-order chi connectivity index (χ0) is 21.9. The van der Waals surface area contributed by atoms with Crippen LogP contribution < -0.4 is 10.1 Å². The molecule has 4 nitrogen and oxygen atoms in total. The lowest BCUT2D eigenvalue weighted by molar-refractivity contribution is 0.102. The number of pyridine rings is 1. The summed E-state index contributed by atoms with van der Waals surface area (Å²) in [4.78, 5) is 18.4. The average molecular weight is 437 g/mol. The van der Waals surface area contributed by atoms with Gasteiger partial charge in [0.15, 0.2) is 0 Å². The third-order valence-corrected chi connectivity index (χ3v) is 6.52. The summed E-state index contributed by atoms with van der Waals surface area (Å²) in [6.45, 7) is 0. The Bertz CT molecular complexity index is 1380. The van der Waals surface area contributed by atoms with Crippen molar-refractivity contribution in [1.82, 2.24) is 4.98 Å². The summed E-state index contributed by atoms with van der Waals surface area (Å²) in [6, 6.07) is 27.9. The molecule has 0 saturated heterocycles. The minimum Gasteiger partial charge on any atom is -0.497 e. The largest absolute Gasteiger partial charge is 0.497 e. The van der Waals surface area contributed by atoms with Gasteiger partial charge in [-0.25, -0.2) is 0 Å². The summed E-state index contributed by atoms with van der Waals surface area (Å²) in [5.41, 5.74) is 4.64. The van der Waals surface area contributed by atoms with Crippen molar-refractivity contribution in [3.05, 3.63) is 103 Å². The average Bonchev–Trinajstić information content (AvgIpc) is 3.24. The highest BCUT2D eigenvalue weighted by molar-refractivity contribution is 7.22. The van der Waals surface area contributed by atoms with Gasteiger partial charge in [0.1, 0.15) is 5.75 Å². The Morgan fingerprint density at radius 2 is 1.56 bits per heavy atom. The lowest BCUT2D eigenvalue weighted by Gasteiger charge is -2.08. The van der Waals surface area contributed by atoms with Crippen molar-refractivity contribution in [2.75, 3.05) is 12.4 Å². The summed E-state index contributed by atoms with van der Waals surface area (Å²) in [5.74, 6) is 0.643. The van der Waals surface area contributed by atoms with Gasteiger partial charge in [0.25, 0.3) is 5.91 Å². The van der Waals surface area contributed by atoms with Crippen molar-refractivity contribution in [1.29, 1.82) is 0 Å². The normalized spacial score (nSPS) is 10.8. The number of thiophene rings is 1. The fraction of sp³-hybridized carbons (Fsp3) is 0.0370. The first-order valence-electron chi connectivity index (χ1n) is 10.2. The molecule has 0 aliphatic carbocycles.